The summed E-state index contributed by atoms with van der Waals surface area (Å²) in [4.78, 5) is 23.8. The molecule has 7 nitrogen and oxygen atoms in total. The zero-order valence-electron chi connectivity index (χ0n) is 17.8. The molecule has 0 aliphatic heterocycles. The first kappa shape index (κ1) is 33.5. The van der Waals surface area contributed by atoms with Crippen molar-refractivity contribution in [3.05, 3.63) is 13.8 Å². The molecule has 0 spiro atoms. The number of rotatable bonds is 14. The molecule has 0 amide bonds. The fourth-order valence-corrected chi connectivity index (χ4v) is 2.83. The molecule has 0 aliphatic rings. The van der Waals surface area contributed by atoms with Crippen LogP contribution in [0.25, 0.3) is 0 Å². The second-order valence-corrected chi connectivity index (χ2v) is 8.14. The van der Waals surface area contributed by atoms with E-state index in [2.05, 4.69) is 13.8 Å². The zero-order valence-corrected chi connectivity index (χ0v) is 22.6. The van der Waals surface area contributed by atoms with Gasteiger partial charge in [0.05, 0.1) is 19.6 Å². The molecule has 3 unspecified atom stereocenters. The van der Waals surface area contributed by atoms with Crippen LogP contribution in [-0.2, 0) is 29.2 Å². The van der Waals surface area contributed by atoms with E-state index in [1.54, 1.807) is 0 Å². The molecule has 1 N–H and O–H groups in total. The van der Waals surface area contributed by atoms with Gasteiger partial charge in [-0.05, 0) is 0 Å². The van der Waals surface area contributed by atoms with E-state index < -0.39 is 33.7 Å². The van der Waals surface area contributed by atoms with Crippen molar-refractivity contribution in [2.24, 2.45) is 11.8 Å². The number of ether oxygens (including phenoxy) is 2. The third-order valence-electron chi connectivity index (χ3n) is 3.85. The monoisotopic (exact) mass is 438 g/mol. The largest absolute Gasteiger partial charge is 1.00 e. The number of esters is 2. The topological polar surface area (TPSA) is 107 Å². The van der Waals surface area contributed by atoms with Crippen molar-refractivity contribution in [3.8, 4) is 0 Å². The minimum atomic E-state index is -4.79. The summed E-state index contributed by atoms with van der Waals surface area (Å²) in [7, 11) is -4.79. The molecule has 28 heavy (non-hydrogen) atoms. The van der Waals surface area contributed by atoms with Crippen molar-refractivity contribution in [3.63, 3.8) is 0 Å². The van der Waals surface area contributed by atoms with E-state index in [0.29, 0.717) is 0 Å². The molecule has 0 rings (SSSR count). The van der Waals surface area contributed by atoms with Crippen molar-refractivity contribution in [1.82, 2.24) is 0 Å². The van der Waals surface area contributed by atoms with Gasteiger partial charge in [0.2, 0.25) is 0 Å². The van der Waals surface area contributed by atoms with Crippen LogP contribution in [0, 0.1) is 25.7 Å². The smallest absolute Gasteiger partial charge is 0.468 e. The second kappa shape index (κ2) is 18.6. The third kappa shape index (κ3) is 16.6. The molecule has 0 saturated carbocycles. The predicted octanol–water partition coefficient (Wildman–Crippen LogP) is -2.99. The molecule has 0 aromatic carbocycles. The number of carbonyl (C=O) groups excluding carboxylic acids is 2. The molecule has 0 heterocycles. The van der Waals surface area contributed by atoms with E-state index in [1.165, 1.54) is 0 Å². The zero-order chi connectivity index (χ0) is 20.2. The van der Waals surface area contributed by atoms with Crippen molar-refractivity contribution >= 4 is 22.1 Å². The van der Waals surface area contributed by atoms with Gasteiger partial charge in [-0.2, -0.15) is 8.42 Å². The van der Waals surface area contributed by atoms with E-state index in [1.807, 2.05) is 13.8 Å². The minimum absolute atomic E-state index is 0. The summed E-state index contributed by atoms with van der Waals surface area (Å²) >= 11 is 0. The summed E-state index contributed by atoms with van der Waals surface area (Å²) in [5.74, 6) is -2.36. The van der Waals surface area contributed by atoms with Crippen LogP contribution in [0.2, 0.25) is 0 Å². The molecule has 10 heteroatoms. The van der Waals surface area contributed by atoms with Crippen LogP contribution in [0.15, 0.2) is 0 Å². The van der Waals surface area contributed by atoms with Gasteiger partial charge in [0.15, 0.2) is 5.25 Å². The molecule has 0 aromatic heterocycles. The van der Waals surface area contributed by atoms with Crippen molar-refractivity contribution < 1.29 is 91.1 Å². The van der Waals surface area contributed by atoms with Gasteiger partial charge in [-0.15, -0.1) is 11.8 Å². The second-order valence-electron chi connectivity index (χ2n) is 6.54. The Morgan fingerprint density at radius 1 is 0.929 bits per heavy atom. The van der Waals surface area contributed by atoms with Gasteiger partial charge < -0.3 is 23.3 Å². The SMILES string of the molecule is [CH2-]C(CCCC)COC(=O)CC(C(=O)OCC([CH2-])CCCC)S(=O)(=O)O.[Na+].[Na+]. The first-order valence-corrected chi connectivity index (χ1v) is 10.6. The predicted molar refractivity (Wildman–Crippen MR) is 98.6 cm³/mol. The first-order chi connectivity index (χ1) is 12.1. The summed E-state index contributed by atoms with van der Waals surface area (Å²) in [6.07, 6.45) is 4.50. The van der Waals surface area contributed by atoms with Crippen LogP contribution in [0.4, 0.5) is 0 Å². The Labute approximate surface area is 214 Å². The molecule has 0 bridgehead atoms. The average Bonchev–Trinajstić information content (AvgIpc) is 2.57. The van der Waals surface area contributed by atoms with Crippen molar-refractivity contribution in [1.29, 1.82) is 0 Å². The van der Waals surface area contributed by atoms with Crippen LogP contribution >= 0.6 is 0 Å². The maximum Gasteiger partial charge on any atom is 1.00 e. The van der Waals surface area contributed by atoms with Gasteiger partial charge >= 0.3 is 71.1 Å². The first-order valence-electron chi connectivity index (χ1n) is 9.06. The van der Waals surface area contributed by atoms with Gasteiger partial charge in [0.25, 0.3) is 10.1 Å². The Bertz CT molecular complexity index is 526. The molecule has 0 aromatic rings. The van der Waals surface area contributed by atoms with E-state index in [-0.39, 0.29) is 84.2 Å². The van der Waals surface area contributed by atoms with Crippen LogP contribution in [0.1, 0.15) is 58.8 Å². The minimum Gasteiger partial charge on any atom is -0.468 e. The number of carbonyl (C=O) groups is 2. The normalized spacial score (nSPS) is 14.0. The van der Waals surface area contributed by atoms with Crippen molar-refractivity contribution in [2.45, 2.75) is 64.0 Å². The summed E-state index contributed by atoms with van der Waals surface area (Å²) in [5.41, 5.74) is 0. The van der Waals surface area contributed by atoms with E-state index >= 15 is 0 Å². The Kier molecular flexibility index (Phi) is 22.3. The number of unbranched alkanes of at least 4 members (excludes halogenated alkanes) is 2. The fourth-order valence-electron chi connectivity index (χ4n) is 2.18. The van der Waals surface area contributed by atoms with Crippen LogP contribution in [-0.4, -0.2) is 43.4 Å². The summed E-state index contributed by atoms with van der Waals surface area (Å²) in [5, 5.41) is -1.99. The van der Waals surface area contributed by atoms with Crippen molar-refractivity contribution in [2.75, 3.05) is 13.2 Å². The molecule has 0 aliphatic carbocycles. The molecular weight excluding hydrogens is 406 g/mol. The Morgan fingerprint density at radius 3 is 1.75 bits per heavy atom. The van der Waals surface area contributed by atoms with Gasteiger partial charge in [-0.3, -0.25) is 14.1 Å². The molecule has 154 valence electrons. The maximum atomic E-state index is 12.0. The standard InChI is InChI=1S/C18H32O7S.2Na/c1-5-7-9-14(3)12-24-17(19)11-16(26(21,22)23)18(20)25-13-15(4)10-8-6-2;;/h14-16H,3-13H2,1-2H3,(H,21,22,23);;/q-2;2*+1. The Morgan fingerprint density at radius 2 is 1.36 bits per heavy atom. The molecular formula is C18H32Na2O7S. The van der Waals surface area contributed by atoms with Gasteiger partial charge in [0.1, 0.15) is 0 Å². The van der Waals surface area contributed by atoms with E-state index in [9.17, 15) is 22.6 Å². The third-order valence-corrected chi connectivity index (χ3v) is 4.93. The molecule has 0 radical (unpaired) electrons. The van der Waals surface area contributed by atoms with Crippen LogP contribution in [0.3, 0.4) is 0 Å². The quantitative estimate of drug-likeness (QED) is 0.133. The summed E-state index contributed by atoms with van der Waals surface area (Å²) in [6.45, 7) is 11.7. The van der Waals surface area contributed by atoms with Crippen LogP contribution in [0.5, 0.6) is 0 Å². The number of hydrogen-bond donors (Lipinski definition) is 1. The fraction of sp³-hybridized carbons (Fsp3) is 0.778. The van der Waals surface area contributed by atoms with Gasteiger partial charge in [-0.25, -0.2) is 0 Å². The van der Waals surface area contributed by atoms with Gasteiger partial charge in [0, 0.05) is 0 Å². The van der Waals surface area contributed by atoms with E-state index in [4.69, 9.17) is 9.47 Å². The van der Waals surface area contributed by atoms with Crippen LogP contribution < -0.4 is 59.1 Å². The average molecular weight is 438 g/mol. The summed E-state index contributed by atoms with van der Waals surface area (Å²) < 4.78 is 41.9. The molecule has 3 atom stereocenters. The van der Waals surface area contributed by atoms with E-state index in [0.717, 1.165) is 38.5 Å². The summed E-state index contributed by atoms with van der Waals surface area (Å²) in [6, 6.07) is 0. The molecule has 0 saturated heterocycles. The maximum absolute atomic E-state index is 12.0. The Balaban J connectivity index is -0.00000312. The molecule has 0 fully saturated rings. The number of hydrogen-bond acceptors (Lipinski definition) is 6. The van der Waals surface area contributed by atoms with Gasteiger partial charge in [-0.1, -0.05) is 52.4 Å². The Hall–Kier alpha value is 0.850.